The van der Waals surface area contributed by atoms with Crippen LogP contribution in [0.25, 0.3) is 16.6 Å². The van der Waals surface area contributed by atoms with E-state index in [2.05, 4.69) is 10.4 Å². The maximum absolute atomic E-state index is 12.1. The third-order valence-electron chi connectivity index (χ3n) is 4.17. The van der Waals surface area contributed by atoms with Gasteiger partial charge in [0.1, 0.15) is 5.69 Å². The van der Waals surface area contributed by atoms with Gasteiger partial charge in [-0.2, -0.15) is 5.10 Å². The van der Waals surface area contributed by atoms with Crippen molar-refractivity contribution in [1.29, 1.82) is 0 Å². The summed E-state index contributed by atoms with van der Waals surface area (Å²) in [6, 6.07) is 9.56. The molecule has 3 aromatic rings. The van der Waals surface area contributed by atoms with Gasteiger partial charge in [-0.1, -0.05) is 6.07 Å². The van der Waals surface area contributed by atoms with Gasteiger partial charge in [0.15, 0.2) is 11.5 Å². The number of nitrogens with one attached hydrogen (secondary N) is 1. The Bertz CT molecular complexity index is 955. The first-order valence-electron chi connectivity index (χ1n) is 8.98. The summed E-state index contributed by atoms with van der Waals surface area (Å²) in [6.45, 7) is 1.07. The number of methoxy groups -OCH3 is 3. The van der Waals surface area contributed by atoms with E-state index in [1.54, 1.807) is 50.9 Å². The lowest BCUT2D eigenvalue weighted by molar-refractivity contribution is -0.116. The number of benzene rings is 1. The zero-order valence-corrected chi connectivity index (χ0v) is 17.4. The second-order valence-corrected chi connectivity index (χ2v) is 6.97. The van der Waals surface area contributed by atoms with Crippen LogP contribution in [0.1, 0.15) is 5.56 Å². The molecular formula is C21H23N3O4S. The van der Waals surface area contributed by atoms with Gasteiger partial charge in [-0.05, 0) is 41.3 Å². The Morgan fingerprint density at radius 1 is 1.17 bits per heavy atom. The summed E-state index contributed by atoms with van der Waals surface area (Å²) < 4.78 is 17.8. The summed E-state index contributed by atoms with van der Waals surface area (Å²) in [5.41, 5.74) is 1.70. The number of hydrogen-bond donors (Lipinski definition) is 1. The lowest BCUT2D eigenvalue weighted by Crippen LogP contribution is -2.25. The molecule has 1 aromatic carbocycles. The van der Waals surface area contributed by atoms with Gasteiger partial charge < -0.3 is 19.5 Å². The molecule has 8 heteroatoms. The molecule has 1 N–H and O–H groups in total. The number of aromatic nitrogens is 2. The molecule has 2 heterocycles. The van der Waals surface area contributed by atoms with E-state index in [1.807, 2.05) is 34.5 Å². The third kappa shape index (κ3) is 5.17. The zero-order valence-electron chi connectivity index (χ0n) is 16.5. The van der Waals surface area contributed by atoms with Crippen molar-refractivity contribution in [3.63, 3.8) is 0 Å². The lowest BCUT2D eigenvalue weighted by Gasteiger charge is -2.12. The van der Waals surface area contributed by atoms with Gasteiger partial charge in [0.25, 0.3) is 0 Å². The van der Waals surface area contributed by atoms with Crippen molar-refractivity contribution in [1.82, 2.24) is 15.1 Å². The Hall–Kier alpha value is -3.26. The molecule has 0 bridgehead atoms. The van der Waals surface area contributed by atoms with Gasteiger partial charge in [-0.15, -0.1) is 11.3 Å². The summed E-state index contributed by atoms with van der Waals surface area (Å²) in [7, 11) is 4.65. The Kier molecular flexibility index (Phi) is 6.91. The zero-order chi connectivity index (χ0) is 20.6. The Labute approximate surface area is 173 Å². The average molecular weight is 413 g/mol. The highest BCUT2D eigenvalue weighted by molar-refractivity contribution is 7.13. The van der Waals surface area contributed by atoms with Gasteiger partial charge in [0, 0.05) is 18.8 Å². The molecule has 0 aliphatic rings. The Balaban J connectivity index is 1.55. The van der Waals surface area contributed by atoms with Crippen molar-refractivity contribution < 1.29 is 19.0 Å². The predicted octanol–water partition coefficient (Wildman–Crippen LogP) is 3.47. The summed E-state index contributed by atoms with van der Waals surface area (Å²) in [5.74, 6) is 1.39. The molecule has 0 saturated heterocycles. The van der Waals surface area contributed by atoms with Crippen LogP contribution in [0.15, 0.2) is 48.0 Å². The van der Waals surface area contributed by atoms with Crippen LogP contribution in [-0.2, 0) is 11.3 Å². The number of carbonyl (C=O) groups is 1. The average Bonchev–Trinajstić information content (AvgIpc) is 3.43. The minimum atomic E-state index is -0.190. The highest BCUT2D eigenvalue weighted by atomic mass is 32.1. The molecule has 0 unspecified atom stereocenters. The molecular weight excluding hydrogens is 390 g/mol. The summed E-state index contributed by atoms with van der Waals surface area (Å²) in [5, 5.41) is 9.39. The van der Waals surface area contributed by atoms with E-state index in [9.17, 15) is 4.79 Å². The van der Waals surface area contributed by atoms with Crippen molar-refractivity contribution in [2.75, 3.05) is 27.9 Å². The lowest BCUT2D eigenvalue weighted by atomic mass is 10.1. The summed E-state index contributed by atoms with van der Waals surface area (Å²) in [4.78, 5) is 13.2. The number of amides is 1. The quantitative estimate of drug-likeness (QED) is 0.544. The molecule has 0 fully saturated rings. The van der Waals surface area contributed by atoms with Crippen molar-refractivity contribution >= 4 is 23.3 Å². The molecule has 0 saturated carbocycles. The van der Waals surface area contributed by atoms with Gasteiger partial charge in [-0.25, -0.2) is 0 Å². The third-order valence-corrected chi connectivity index (χ3v) is 5.06. The number of rotatable bonds is 9. The van der Waals surface area contributed by atoms with E-state index in [1.165, 1.54) is 6.08 Å². The molecule has 0 radical (unpaired) electrons. The van der Waals surface area contributed by atoms with E-state index >= 15 is 0 Å². The van der Waals surface area contributed by atoms with E-state index in [4.69, 9.17) is 14.2 Å². The normalized spacial score (nSPS) is 10.9. The second-order valence-electron chi connectivity index (χ2n) is 6.02. The van der Waals surface area contributed by atoms with Crippen LogP contribution in [0, 0.1) is 0 Å². The van der Waals surface area contributed by atoms with Crippen LogP contribution in [0.3, 0.4) is 0 Å². The molecule has 0 atom stereocenters. The van der Waals surface area contributed by atoms with Gasteiger partial charge in [0.2, 0.25) is 11.7 Å². The SMILES string of the molecule is COc1cc(/C=C/C(=O)NCCn2ccc(-c3cccs3)n2)cc(OC)c1OC. The molecule has 2 aromatic heterocycles. The first kappa shape index (κ1) is 20.5. The maximum atomic E-state index is 12.1. The van der Waals surface area contributed by atoms with Gasteiger partial charge in [0.05, 0.1) is 32.8 Å². The Morgan fingerprint density at radius 2 is 1.93 bits per heavy atom. The molecule has 29 heavy (non-hydrogen) atoms. The van der Waals surface area contributed by atoms with E-state index < -0.39 is 0 Å². The van der Waals surface area contributed by atoms with Gasteiger partial charge in [-0.3, -0.25) is 9.48 Å². The Morgan fingerprint density at radius 3 is 2.55 bits per heavy atom. The highest BCUT2D eigenvalue weighted by Crippen LogP contribution is 2.38. The van der Waals surface area contributed by atoms with Crippen LogP contribution in [0.4, 0.5) is 0 Å². The number of nitrogens with zero attached hydrogens (tertiary/aromatic N) is 2. The smallest absolute Gasteiger partial charge is 0.244 e. The minimum absolute atomic E-state index is 0.190. The largest absolute Gasteiger partial charge is 0.493 e. The fraction of sp³-hybridized carbons (Fsp3) is 0.238. The van der Waals surface area contributed by atoms with Gasteiger partial charge >= 0.3 is 0 Å². The van der Waals surface area contributed by atoms with Crippen LogP contribution in [0.5, 0.6) is 17.2 Å². The van der Waals surface area contributed by atoms with Crippen molar-refractivity contribution in [3.05, 3.63) is 53.5 Å². The van der Waals surface area contributed by atoms with E-state index in [-0.39, 0.29) is 5.91 Å². The number of carbonyl (C=O) groups excluding carboxylic acids is 1. The van der Waals surface area contributed by atoms with Crippen molar-refractivity contribution in [2.24, 2.45) is 0 Å². The predicted molar refractivity (Wildman–Crippen MR) is 114 cm³/mol. The number of thiophene rings is 1. The van der Waals surface area contributed by atoms with Crippen LogP contribution in [0.2, 0.25) is 0 Å². The molecule has 0 aliphatic heterocycles. The second kappa shape index (κ2) is 9.79. The molecule has 1 amide bonds. The fourth-order valence-electron chi connectivity index (χ4n) is 2.76. The molecule has 152 valence electrons. The monoisotopic (exact) mass is 413 g/mol. The van der Waals surface area contributed by atoms with E-state index in [0.29, 0.717) is 30.3 Å². The summed E-state index contributed by atoms with van der Waals surface area (Å²) in [6.07, 6.45) is 5.08. The molecule has 0 spiro atoms. The summed E-state index contributed by atoms with van der Waals surface area (Å²) >= 11 is 1.65. The molecule has 7 nitrogen and oxygen atoms in total. The standard InChI is InChI=1S/C21H23N3O4S/c1-26-17-13-15(14-18(27-2)21(17)28-3)6-7-20(25)22-9-11-24-10-8-16(23-24)19-5-4-12-29-19/h4-8,10,12-14H,9,11H2,1-3H3,(H,22,25)/b7-6+. The number of ether oxygens (including phenoxy) is 3. The topological polar surface area (TPSA) is 74.6 Å². The van der Waals surface area contributed by atoms with Crippen molar-refractivity contribution in [2.45, 2.75) is 6.54 Å². The number of hydrogen-bond acceptors (Lipinski definition) is 6. The van der Waals surface area contributed by atoms with Crippen LogP contribution < -0.4 is 19.5 Å². The first-order valence-corrected chi connectivity index (χ1v) is 9.86. The fourth-order valence-corrected chi connectivity index (χ4v) is 3.45. The van der Waals surface area contributed by atoms with Crippen LogP contribution >= 0.6 is 11.3 Å². The highest BCUT2D eigenvalue weighted by Gasteiger charge is 2.12. The van der Waals surface area contributed by atoms with E-state index in [0.717, 1.165) is 16.1 Å². The maximum Gasteiger partial charge on any atom is 0.244 e. The van der Waals surface area contributed by atoms with Crippen molar-refractivity contribution in [3.8, 4) is 27.8 Å². The molecule has 0 aliphatic carbocycles. The van der Waals surface area contributed by atoms with Crippen LogP contribution in [-0.4, -0.2) is 43.6 Å². The first-order chi connectivity index (χ1) is 14.1. The minimum Gasteiger partial charge on any atom is -0.493 e. The molecule has 3 rings (SSSR count).